The molecule has 1 aliphatic heterocycles. The van der Waals surface area contributed by atoms with Crippen LogP contribution in [0.5, 0.6) is 0 Å². The number of hydrogen-bond donors (Lipinski definition) is 1. The van der Waals surface area contributed by atoms with Crippen molar-refractivity contribution in [1.29, 1.82) is 0 Å². The van der Waals surface area contributed by atoms with Crippen LogP contribution in [-0.4, -0.2) is 40.2 Å². The molecule has 8 heteroatoms. The monoisotopic (exact) mass is 397 g/mol. The van der Waals surface area contributed by atoms with Crippen LogP contribution in [0.4, 0.5) is 26.2 Å². The Kier molecular flexibility index (Phi) is 5.35. The molecular formula is C21H21F2N5O. The summed E-state index contributed by atoms with van der Waals surface area (Å²) in [6, 6.07) is 9.24. The molecule has 1 aliphatic rings. The van der Waals surface area contributed by atoms with Crippen molar-refractivity contribution in [3.05, 3.63) is 60.6 Å². The van der Waals surface area contributed by atoms with Crippen molar-refractivity contribution >= 4 is 17.5 Å². The van der Waals surface area contributed by atoms with E-state index < -0.39 is 5.95 Å². The zero-order chi connectivity index (χ0) is 20.4. The normalized spacial score (nSPS) is 19.2. The lowest BCUT2D eigenvalue weighted by Gasteiger charge is -2.35. The molecule has 4 rings (SSSR count). The average Bonchev–Trinajstić information content (AvgIpc) is 2.70. The molecule has 3 aromatic rings. The van der Waals surface area contributed by atoms with E-state index in [1.165, 1.54) is 18.3 Å². The summed E-state index contributed by atoms with van der Waals surface area (Å²) in [7, 11) is 0. The molecule has 2 aromatic heterocycles. The van der Waals surface area contributed by atoms with Crippen LogP contribution >= 0.6 is 0 Å². The van der Waals surface area contributed by atoms with Crippen molar-refractivity contribution in [3.8, 4) is 11.1 Å². The maximum absolute atomic E-state index is 14.3. The number of halogens is 2. The minimum absolute atomic E-state index is 0.0769. The van der Waals surface area contributed by atoms with E-state index in [0.717, 1.165) is 5.56 Å². The molecule has 1 aromatic carbocycles. The molecule has 0 saturated carbocycles. The first-order valence-electron chi connectivity index (χ1n) is 9.40. The van der Waals surface area contributed by atoms with Gasteiger partial charge in [0, 0.05) is 31.0 Å². The summed E-state index contributed by atoms with van der Waals surface area (Å²) in [6.45, 7) is 5.38. The number of ether oxygens (including phenoxy) is 1. The van der Waals surface area contributed by atoms with Crippen molar-refractivity contribution in [2.24, 2.45) is 0 Å². The Morgan fingerprint density at radius 1 is 1.00 bits per heavy atom. The van der Waals surface area contributed by atoms with E-state index in [0.29, 0.717) is 30.4 Å². The van der Waals surface area contributed by atoms with Crippen LogP contribution in [0.2, 0.25) is 0 Å². The highest BCUT2D eigenvalue weighted by atomic mass is 19.1. The summed E-state index contributed by atoms with van der Waals surface area (Å²) in [5, 5.41) is 2.98. The molecule has 150 valence electrons. The second-order valence-corrected chi connectivity index (χ2v) is 7.10. The van der Waals surface area contributed by atoms with Gasteiger partial charge in [0.2, 0.25) is 11.9 Å². The fourth-order valence-electron chi connectivity index (χ4n) is 3.39. The molecule has 0 spiro atoms. The van der Waals surface area contributed by atoms with Gasteiger partial charge in [0.25, 0.3) is 0 Å². The van der Waals surface area contributed by atoms with Crippen LogP contribution in [0.1, 0.15) is 13.8 Å². The van der Waals surface area contributed by atoms with Crippen molar-refractivity contribution in [2.75, 3.05) is 23.3 Å². The van der Waals surface area contributed by atoms with E-state index in [1.54, 1.807) is 30.5 Å². The van der Waals surface area contributed by atoms with Gasteiger partial charge in [-0.05, 0) is 43.7 Å². The molecule has 1 saturated heterocycles. The van der Waals surface area contributed by atoms with Gasteiger partial charge >= 0.3 is 0 Å². The van der Waals surface area contributed by atoms with Gasteiger partial charge in [0.1, 0.15) is 11.6 Å². The Bertz CT molecular complexity index is 989. The number of rotatable bonds is 4. The topological polar surface area (TPSA) is 63.2 Å². The molecule has 29 heavy (non-hydrogen) atoms. The van der Waals surface area contributed by atoms with Gasteiger partial charge < -0.3 is 15.0 Å². The minimum Gasteiger partial charge on any atom is -0.372 e. The lowest BCUT2D eigenvalue weighted by atomic mass is 10.1. The zero-order valence-electron chi connectivity index (χ0n) is 16.1. The van der Waals surface area contributed by atoms with Crippen molar-refractivity contribution in [2.45, 2.75) is 26.1 Å². The third-order valence-electron chi connectivity index (χ3n) is 4.62. The maximum atomic E-state index is 14.3. The quantitative estimate of drug-likeness (QED) is 0.667. The highest BCUT2D eigenvalue weighted by Gasteiger charge is 2.24. The molecule has 0 aliphatic carbocycles. The predicted molar refractivity (Wildman–Crippen MR) is 107 cm³/mol. The molecule has 1 fully saturated rings. The van der Waals surface area contributed by atoms with E-state index in [4.69, 9.17) is 4.74 Å². The standard InChI is InChI=1S/C21H21F2N5O/c1-13-11-28(12-14(2)29-13)21-24-8-7-19(27-21)26-18-9-16(10-25-20(18)23)15-3-5-17(22)6-4-15/h3-10,13-14H,11-12H2,1-2H3,(H,24,26,27)/t13-,14+. The number of morpholine rings is 1. The Hall–Kier alpha value is -3.13. The molecular weight excluding hydrogens is 376 g/mol. The fraction of sp³-hybridized carbons (Fsp3) is 0.286. The molecule has 6 nitrogen and oxygen atoms in total. The van der Waals surface area contributed by atoms with E-state index in [-0.39, 0.29) is 23.7 Å². The van der Waals surface area contributed by atoms with Gasteiger partial charge in [-0.3, -0.25) is 0 Å². The number of nitrogens with one attached hydrogen (secondary N) is 1. The van der Waals surface area contributed by atoms with Crippen molar-refractivity contribution in [3.63, 3.8) is 0 Å². The average molecular weight is 397 g/mol. The molecule has 0 amide bonds. The Morgan fingerprint density at radius 3 is 2.45 bits per heavy atom. The van der Waals surface area contributed by atoms with Crippen LogP contribution in [0.3, 0.4) is 0 Å². The molecule has 0 radical (unpaired) electrons. The highest BCUT2D eigenvalue weighted by molar-refractivity contribution is 5.69. The molecule has 2 atom stereocenters. The summed E-state index contributed by atoms with van der Waals surface area (Å²) in [6.07, 6.45) is 3.20. The van der Waals surface area contributed by atoms with E-state index in [9.17, 15) is 8.78 Å². The predicted octanol–water partition coefficient (Wildman–Crippen LogP) is 4.17. The summed E-state index contributed by atoms with van der Waals surface area (Å²) in [5.74, 6) is 0.0332. The first-order chi connectivity index (χ1) is 14.0. The van der Waals surface area contributed by atoms with Crippen molar-refractivity contribution in [1.82, 2.24) is 15.0 Å². The maximum Gasteiger partial charge on any atom is 0.236 e. The van der Waals surface area contributed by atoms with Crippen LogP contribution in [0.25, 0.3) is 11.1 Å². The molecule has 1 N–H and O–H groups in total. The van der Waals surface area contributed by atoms with Crippen LogP contribution in [0, 0.1) is 11.8 Å². The first kappa shape index (κ1) is 19.2. The van der Waals surface area contributed by atoms with Gasteiger partial charge in [-0.25, -0.2) is 14.4 Å². The van der Waals surface area contributed by atoms with Gasteiger partial charge in [-0.15, -0.1) is 0 Å². The van der Waals surface area contributed by atoms with Gasteiger partial charge in [0.05, 0.1) is 17.9 Å². The Balaban J connectivity index is 1.58. The van der Waals surface area contributed by atoms with Crippen LogP contribution < -0.4 is 10.2 Å². The first-order valence-corrected chi connectivity index (χ1v) is 9.40. The summed E-state index contributed by atoms with van der Waals surface area (Å²) in [4.78, 5) is 14.7. The zero-order valence-corrected chi connectivity index (χ0v) is 16.1. The number of nitrogens with zero attached hydrogens (tertiary/aromatic N) is 4. The van der Waals surface area contributed by atoms with Gasteiger partial charge in [-0.1, -0.05) is 12.1 Å². The van der Waals surface area contributed by atoms with Crippen LogP contribution in [0.15, 0.2) is 48.8 Å². The summed E-state index contributed by atoms with van der Waals surface area (Å²) >= 11 is 0. The van der Waals surface area contributed by atoms with E-state index in [2.05, 4.69) is 20.3 Å². The SMILES string of the molecule is C[C@@H]1CN(c2nccc(Nc3cc(-c4ccc(F)cc4)cnc3F)n2)C[C@H](C)O1. The van der Waals surface area contributed by atoms with Crippen LogP contribution in [-0.2, 0) is 4.74 Å². The summed E-state index contributed by atoms with van der Waals surface area (Å²) < 4.78 is 33.2. The molecule has 0 bridgehead atoms. The van der Waals surface area contributed by atoms with E-state index in [1.807, 2.05) is 18.7 Å². The van der Waals surface area contributed by atoms with E-state index >= 15 is 0 Å². The highest BCUT2D eigenvalue weighted by Crippen LogP contribution is 2.26. The van der Waals surface area contributed by atoms with Gasteiger partial charge in [0.15, 0.2) is 0 Å². The smallest absolute Gasteiger partial charge is 0.236 e. The number of anilines is 3. The third kappa shape index (κ3) is 4.48. The lowest BCUT2D eigenvalue weighted by Crippen LogP contribution is -2.46. The van der Waals surface area contributed by atoms with Gasteiger partial charge in [-0.2, -0.15) is 9.37 Å². The second kappa shape index (κ2) is 8.08. The van der Waals surface area contributed by atoms with Crippen molar-refractivity contribution < 1.29 is 13.5 Å². The largest absolute Gasteiger partial charge is 0.372 e. The number of hydrogen-bond acceptors (Lipinski definition) is 6. The lowest BCUT2D eigenvalue weighted by molar-refractivity contribution is -0.00571. The fourth-order valence-corrected chi connectivity index (χ4v) is 3.39. The Labute approximate surface area is 167 Å². The molecule has 3 heterocycles. The minimum atomic E-state index is -0.648. The second-order valence-electron chi connectivity index (χ2n) is 7.10. The summed E-state index contributed by atoms with van der Waals surface area (Å²) in [5.41, 5.74) is 1.58. The number of aromatic nitrogens is 3. The number of benzene rings is 1. The molecule has 0 unspecified atom stereocenters. The Morgan fingerprint density at radius 2 is 1.72 bits per heavy atom. The third-order valence-corrected chi connectivity index (χ3v) is 4.62. The number of pyridine rings is 1.